The summed E-state index contributed by atoms with van der Waals surface area (Å²) in [6.45, 7) is 6.93. The molecule has 1 aromatic carbocycles. The summed E-state index contributed by atoms with van der Waals surface area (Å²) in [4.78, 5) is 19.5. The molecule has 1 amide bonds. The van der Waals surface area contributed by atoms with Crippen LogP contribution in [0.2, 0.25) is 0 Å². The van der Waals surface area contributed by atoms with E-state index in [1.54, 1.807) is 0 Å². The molecule has 2 aliphatic rings. The standard InChI is InChI=1S/C19H30N4O/c1-20-16-18-8-5-10-23(18)19(24)9-11-21-12-14-22(15-13-21)17-6-3-2-4-7-17/h2-4,6-7,18,20H,5,8-16H2,1H3. The van der Waals surface area contributed by atoms with Crippen LogP contribution in [-0.2, 0) is 4.79 Å². The van der Waals surface area contributed by atoms with Gasteiger partial charge in [-0.2, -0.15) is 0 Å². The van der Waals surface area contributed by atoms with Gasteiger partial charge in [0.25, 0.3) is 0 Å². The summed E-state index contributed by atoms with van der Waals surface area (Å²) < 4.78 is 0. The van der Waals surface area contributed by atoms with Gasteiger partial charge in [-0.05, 0) is 32.0 Å². The summed E-state index contributed by atoms with van der Waals surface area (Å²) in [5.74, 6) is 0.332. The number of benzene rings is 1. The molecular weight excluding hydrogens is 300 g/mol. The van der Waals surface area contributed by atoms with Crippen LogP contribution in [0.25, 0.3) is 0 Å². The minimum atomic E-state index is 0.332. The molecule has 0 radical (unpaired) electrons. The van der Waals surface area contributed by atoms with Crippen molar-refractivity contribution < 1.29 is 4.79 Å². The molecule has 0 bridgehead atoms. The third-order valence-electron chi connectivity index (χ3n) is 5.27. The second-order valence-corrected chi connectivity index (χ2v) is 6.86. The molecule has 132 valence electrons. The molecule has 3 rings (SSSR count). The first-order valence-corrected chi connectivity index (χ1v) is 9.24. The van der Waals surface area contributed by atoms with Crippen molar-refractivity contribution in [2.24, 2.45) is 0 Å². The Morgan fingerprint density at radius 1 is 1.12 bits per heavy atom. The molecule has 1 unspecified atom stereocenters. The molecule has 0 aromatic heterocycles. The Morgan fingerprint density at radius 2 is 1.88 bits per heavy atom. The van der Waals surface area contributed by atoms with Gasteiger partial charge in [0, 0.05) is 64.0 Å². The molecular formula is C19H30N4O. The van der Waals surface area contributed by atoms with Gasteiger partial charge in [-0.3, -0.25) is 9.69 Å². The fourth-order valence-corrected chi connectivity index (χ4v) is 3.88. The lowest BCUT2D eigenvalue weighted by molar-refractivity contribution is -0.132. The molecule has 2 saturated heterocycles. The summed E-state index contributed by atoms with van der Waals surface area (Å²) in [5.41, 5.74) is 1.31. The maximum absolute atomic E-state index is 12.5. The highest BCUT2D eigenvalue weighted by Gasteiger charge is 2.28. The number of para-hydroxylation sites is 1. The average molecular weight is 330 g/mol. The molecule has 0 spiro atoms. The summed E-state index contributed by atoms with van der Waals surface area (Å²) in [6.07, 6.45) is 2.95. The number of likely N-dealkylation sites (tertiary alicyclic amines) is 1. The molecule has 2 fully saturated rings. The predicted molar refractivity (Wildman–Crippen MR) is 98.4 cm³/mol. The molecule has 1 aromatic rings. The van der Waals surface area contributed by atoms with E-state index in [9.17, 15) is 4.79 Å². The first kappa shape index (κ1) is 17.2. The van der Waals surface area contributed by atoms with E-state index < -0.39 is 0 Å². The molecule has 5 nitrogen and oxygen atoms in total. The van der Waals surface area contributed by atoms with Crippen LogP contribution < -0.4 is 10.2 Å². The maximum Gasteiger partial charge on any atom is 0.224 e. The van der Waals surface area contributed by atoms with Crippen LogP contribution in [0.5, 0.6) is 0 Å². The quantitative estimate of drug-likeness (QED) is 0.856. The number of carbonyl (C=O) groups excluding carboxylic acids is 1. The third kappa shape index (κ3) is 4.28. The molecule has 0 saturated carbocycles. The van der Waals surface area contributed by atoms with Crippen LogP contribution in [0.1, 0.15) is 19.3 Å². The van der Waals surface area contributed by atoms with E-state index in [1.807, 2.05) is 7.05 Å². The van der Waals surface area contributed by atoms with Crippen LogP contribution in [0, 0.1) is 0 Å². The molecule has 2 aliphatic heterocycles. The minimum Gasteiger partial charge on any atom is -0.369 e. The smallest absolute Gasteiger partial charge is 0.224 e. The monoisotopic (exact) mass is 330 g/mol. The summed E-state index contributed by atoms with van der Waals surface area (Å²) in [5, 5.41) is 3.21. The lowest BCUT2D eigenvalue weighted by Gasteiger charge is -2.36. The SMILES string of the molecule is CNCC1CCCN1C(=O)CCN1CCN(c2ccccc2)CC1. The van der Waals surface area contributed by atoms with E-state index >= 15 is 0 Å². The number of amides is 1. The van der Waals surface area contributed by atoms with Crippen molar-refractivity contribution in [3.63, 3.8) is 0 Å². The Labute approximate surface area is 145 Å². The number of hydrogen-bond donors (Lipinski definition) is 1. The van der Waals surface area contributed by atoms with Crippen molar-refractivity contribution in [2.45, 2.75) is 25.3 Å². The maximum atomic E-state index is 12.5. The number of anilines is 1. The van der Waals surface area contributed by atoms with Gasteiger partial charge in [0.15, 0.2) is 0 Å². The van der Waals surface area contributed by atoms with Crippen LogP contribution in [0.4, 0.5) is 5.69 Å². The van der Waals surface area contributed by atoms with E-state index in [-0.39, 0.29) is 0 Å². The fraction of sp³-hybridized carbons (Fsp3) is 0.632. The second-order valence-electron chi connectivity index (χ2n) is 6.86. The summed E-state index contributed by atoms with van der Waals surface area (Å²) >= 11 is 0. The third-order valence-corrected chi connectivity index (χ3v) is 5.27. The lowest BCUT2D eigenvalue weighted by atomic mass is 10.2. The summed E-state index contributed by atoms with van der Waals surface area (Å²) in [7, 11) is 1.97. The number of nitrogens with zero attached hydrogens (tertiary/aromatic N) is 3. The molecule has 0 aliphatic carbocycles. The minimum absolute atomic E-state index is 0.332. The van der Waals surface area contributed by atoms with Gasteiger partial charge in [0.2, 0.25) is 5.91 Å². The Kier molecular flexibility index (Phi) is 6.10. The highest BCUT2D eigenvalue weighted by Crippen LogP contribution is 2.19. The molecule has 1 N–H and O–H groups in total. The van der Waals surface area contributed by atoms with E-state index in [4.69, 9.17) is 0 Å². The Morgan fingerprint density at radius 3 is 2.58 bits per heavy atom. The highest BCUT2D eigenvalue weighted by atomic mass is 16.2. The van der Waals surface area contributed by atoms with Gasteiger partial charge in [0.1, 0.15) is 0 Å². The number of carbonyl (C=O) groups is 1. The van der Waals surface area contributed by atoms with Crippen molar-refractivity contribution in [1.82, 2.24) is 15.1 Å². The normalized spacial score (nSPS) is 22.1. The fourth-order valence-electron chi connectivity index (χ4n) is 3.88. The summed E-state index contributed by atoms with van der Waals surface area (Å²) in [6, 6.07) is 11.0. The van der Waals surface area contributed by atoms with Gasteiger partial charge >= 0.3 is 0 Å². The highest BCUT2D eigenvalue weighted by molar-refractivity contribution is 5.77. The van der Waals surface area contributed by atoms with Crippen molar-refractivity contribution in [3.8, 4) is 0 Å². The zero-order valence-electron chi connectivity index (χ0n) is 14.8. The van der Waals surface area contributed by atoms with Gasteiger partial charge in [-0.1, -0.05) is 18.2 Å². The molecule has 5 heteroatoms. The van der Waals surface area contributed by atoms with E-state index in [2.05, 4.69) is 50.3 Å². The van der Waals surface area contributed by atoms with Crippen LogP contribution >= 0.6 is 0 Å². The van der Waals surface area contributed by atoms with E-state index in [0.29, 0.717) is 18.4 Å². The van der Waals surface area contributed by atoms with Crippen molar-refractivity contribution in [2.75, 3.05) is 57.8 Å². The largest absolute Gasteiger partial charge is 0.369 e. The van der Waals surface area contributed by atoms with Crippen molar-refractivity contribution in [3.05, 3.63) is 30.3 Å². The second kappa shape index (κ2) is 8.49. The zero-order chi connectivity index (χ0) is 16.8. The predicted octanol–water partition coefficient (Wildman–Crippen LogP) is 1.41. The topological polar surface area (TPSA) is 38.8 Å². The van der Waals surface area contributed by atoms with Gasteiger partial charge in [-0.25, -0.2) is 0 Å². The zero-order valence-corrected chi connectivity index (χ0v) is 14.8. The van der Waals surface area contributed by atoms with E-state index in [1.165, 1.54) is 5.69 Å². The first-order chi connectivity index (χ1) is 11.8. The first-order valence-electron chi connectivity index (χ1n) is 9.24. The van der Waals surface area contributed by atoms with Crippen molar-refractivity contribution in [1.29, 1.82) is 0 Å². The number of likely N-dealkylation sites (N-methyl/N-ethyl adjacent to an activating group) is 1. The number of nitrogens with one attached hydrogen (secondary N) is 1. The average Bonchev–Trinajstić information content (AvgIpc) is 3.10. The Balaban J connectivity index is 1.41. The number of hydrogen-bond acceptors (Lipinski definition) is 4. The number of piperazine rings is 1. The van der Waals surface area contributed by atoms with Crippen LogP contribution in [0.3, 0.4) is 0 Å². The van der Waals surface area contributed by atoms with Crippen molar-refractivity contribution >= 4 is 11.6 Å². The van der Waals surface area contributed by atoms with Gasteiger partial charge in [0.05, 0.1) is 0 Å². The Bertz CT molecular complexity index is 513. The van der Waals surface area contributed by atoms with Crippen LogP contribution in [-0.4, -0.2) is 74.6 Å². The van der Waals surface area contributed by atoms with Crippen LogP contribution in [0.15, 0.2) is 30.3 Å². The molecule has 24 heavy (non-hydrogen) atoms. The Hall–Kier alpha value is -1.59. The molecule has 2 heterocycles. The van der Waals surface area contributed by atoms with Gasteiger partial charge < -0.3 is 15.1 Å². The molecule has 1 atom stereocenters. The van der Waals surface area contributed by atoms with Gasteiger partial charge in [-0.15, -0.1) is 0 Å². The number of rotatable bonds is 6. The van der Waals surface area contributed by atoms with E-state index in [0.717, 1.165) is 58.7 Å². The lowest BCUT2D eigenvalue weighted by Crippen LogP contribution is -2.48.